The molecule has 4 aromatic carbocycles. The van der Waals surface area contributed by atoms with Gasteiger partial charge in [-0.2, -0.15) is 0 Å². The van der Waals surface area contributed by atoms with E-state index < -0.39 is 33.2 Å². The van der Waals surface area contributed by atoms with Crippen LogP contribution in [0.2, 0.25) is 0 Å². The Morgan fingerprint density at radius 3 is 1.79 bits per heavy atom. The fourth-order valence-electron chi connectivity index (χ4n) is 9.33. The average molecular weight is 779 g/mol. The number of hydrogen-bond donors (Lipinski definition) is 2. The quantitative estimate of drug-likeness (QED) is 0.189. The Morgan fingerprint density at radius 2 is 1.28 bits per heavy atom. The van der Waals surface area contributed by atoms with Crippen molar-refractivity contribution in [1.82, 2.24) is 4.58 Å². The third kappa shape index (κ3) is 6.45. The van der Waals surface area contributed by atoms with Gasteiger partial charge < -0.3 is 20.6 Å². The van der Waals surface area contributed by atoms with Crippen LogP contribution >= 0.6 is 0 Å². The molecule has 0 aromatic heterocycles. The monoisotopic (exact) mass is 778 g/mol. The van der Waals surface area contributed by atoms with Crippen LogP contribution in [-0.4, -0.2) is 30.7 Å². The van der Waals surface area contributed by atoms with Crippen LogP contribution in [0.25, 0.3) is 11.1 Å². The zero-order valence-electron chi connectivity index (χ0n) is 36.2. The molecule has 4 aromatic rings. The van der Waals surface area contributed by atoms with Crippen molar-refractivity contribution in [3.05, 3.63) is 129 Å². The van der Waals surface area contributed by atoms with Gasteiger partial charge in [0.1, 0.15) is 6.54 Å². The summed E-state index contributed by atoms with van der Waals surface area (Å²) in [4.78, 5) is 44.5. The molecule has 3 aliphatic rings. The first-order valence-electron chi connectivity index (χ1n) is 20.6. The lowest BCUT2D eigenvalue weighted by atomic mass is 9.74. The number of rotatable bonds is 7. The van der Waals surface area contributed by atoms with E-state index in [1.807, 2.05) is 102 Å². The van der Waals surface area contributed by atoms with E-state index in [0.717, 1.165) is 33.3 Å². The Labute approximate surface area is 343 Å². The molecule has 8 nitrogen and oxygen atoms in total. The summed E-state index contributed by atoms with van der Waals surface area (Å²) in [6.45, 7) is 25.5. The predicted molar refractivity (Wildman–Crippen MR) is 233 cm³/mol. The molecule has 7 rings (SSSR count). The zero-order chi connectivity index (χ0) is 42.3. The molecule has 2 N–H and O–H groups in total. The Morgan fingerprint density at radius 1 is 0.724 bits per heavy atom. The van der Waals surface area contributed by atoms with Gasteiger partial charge in [0.25, 0.3) is 0 Å². The van der Waals surface area contributed by atoms with Crippen LogP contribution in [0.1, 0.15) is 123 Å². The lowest BCUT2D eigenvalue weighted by molar-refractivity contribution is -0.292. The van der Waals surface area contributed by atoms with Gasteiger partial charge >= 0.3 is 0 Å². The average Bonchev–Trinajstić information content (AvgIpc) is 3.52. The van der Waals surface area contributed by atoms with E-state index in [2.05, 4.69) is 85.9 Å². The second-order valence-corrected chi connectivity index (χ2v) is 19.3. The number of amides is 2. The fourth-order valence-corrected chi connectivity index (χ4v) is 9.33. The van der Waals surface area contributed by atoms with Gasteiger partial charge in [-0.1, -0.05) is 122 Å². The fraction of sp³-hybridized carbons (Fsp3) is 0.400. The Hall–Kier alpha value is -5.50. The van der Waals surface area contributed by atoms with Crippen LogP contribution in [0.15, 0.2) is 90.7 Å². The van der Waals surface area contributed by atoms with E-state index in [9.17, 15) is 19.5 Å². The number of fused-ring (bicyclic) bond motifs is 2. The van der Waals surface area contributed by atoms with Crippen molar-refractivity contribution in [2.75, 3.05) is 28.6 Å². The second-order valence-electron chi connectivity index (χ2n) is 19.3. The maximum atomic E-state index is 14.8. The van der Waals surface area contributed by atoms with E-state index in [1.165, 1.54) is 0 Å². The molecule has 2 heterocycles. The SMILES string of the molecule is CCN1c2cc(NC(=O)C(C)(C)C)c(C3=C([O-])/C(=c4\cc5c(cc4NC(=O)C(C)(C)C)=[N+](CC)C(c4ccccc4)C5(C)C)C3=O)cc2C(C)(C)C1c1ccccc1. The highest BCUT2D eigenvalue weighted by molar-refractivity contribution is 6.52. The number of hydrogen-bond acceptors (Lipinski definition) is 5. The molecule has 0 saturated carbocycles. The molecule has 1 aliphatic carbocycles. The summed E-state index contributed by atoms with van der Waals surface area (Å²) in [5.41, 5.74) is 4.33. The van der Waals surface area contributed by atoms with Crippen molar-refractivity contribution in [2.45, 2.75) is 106 Å². The number of carbonyl (C=O) groups is 3. The third-order valence-corrected chi connectivity index (χ3v) is 12.5. The molecular formula is C50H58N4O4. The number of allylic oxidation sites excluding steroid dienone is 2. The Bertz CT molecular complexity index is 2520. The molecule has 2 unspecified atom stereocenters. The first-order chi connectivity index (χ1) is 27.1. The summed E-state index contributed by atoms with van der Waals surface area (Å²) in [7, 11) is 0. The molecule has 2 atom stereocenters. The summed E-state index contributed by atoms with van der Waals surface area (Å²) in [6, 6.07) is 28.5. The largest absolute Gasteiger partial charge is 0.871 e. The summed E-state index contributed by atoms with van der Waals surface area (Å²) in [5, 5.41) is 22.4. The number of anilines is 3. The number of nitrogens with one attached hydrogen (secondary N) is 2. The highest BCUT2D eigenvalue weighted by Gasteiger charge is 2.49. The minimum absolute atomic E-state index is 0.0128. The molecule has 58 heavy (non-hydrogen) atoms. The van der Waals surface area contributed by atoms with E-state index in [-0.39, 0.29) is 35.0 Å². The van der Waals surface area contributed by atoms with Gasteiger partial charge in [0.2, 0.25) is 17.2 Å². The summed E-state index contributed by atoms with van der Waals surface area (Å²) in [6.07, 6.45) is 0. The highest BCUT2D eigenvalue weighted by atomic mass is 16.3. The van der Waals surface area contributed by atoms with Crippen LogP contribution in [0, 0.1) is 10.8 Å². The van der Waals surface area contributed by atoms with Gasteiger partial charge in [-0.3, -0.25) is 14.4 Å². The number of likely N-dealkylation sites (N-methyl/N-ethyl adjacent to an activating group) is 2. The first-order valence-corrected chi connectivity index (χ1v) is 20.6. The van der Waals surface area contributed by atoms with Crippen molar-refractivity contribution in [3.8, 4) is 0 Å². The molecule has 0 spiro atoms. The van der Waals surface area contributed by atoms with Crippen molar-refractivity contribution in [2.24, 2.45) is 10.8 Å². The third-order valence-electron chi connectivity index (χ3n) is 12.5. The van der Waals surface area contributed by atoms with Crippen LogP contribution in [0.3, 0.4) is 0 Å². The van der Waals surface area contributed by atoms with E-state index in [1.54, 1.807) is 0 Å². The van der Waals surface area contributed by atoms with Crippen molar-refractivity contribution < 1.29 is 19.5 Å². The molecule has 0 fully saturated rings. The van der Waals surface area contributed by atoms with Crippen LogP contribution in [0.5, 0.6) is 0 Å². The van der Waals surface area contributed by atoms with Crippen LogP contribution in [0.4, 0.5) is 17.1 Å². The highest BCUT2D eigenvalue weighted by Crippen LogP contribution is 2.55. The number of ketones is 1. The van der Waals surface area contributed by atoms with Gasteiger partial charge in [-0.25, -0.2) is 4.58 Å². The lowest BCUT2D eigenvalue weighted by Crippen LogP contribution is -2.38. The van der Waals surface area contributed by atoms with Gasteiger partial charge in [0, 0.05) is 67.6 Å². The normalized spacial score (nSPS) is 20.4. The molecule has 8 heteroatoms. The Kier molecular flexibility index (Phi) is 9.89. The molecule has 2 aliphatic heterocycles. The van der Waals surface area contributed by atoms with E-state index in [4.69, 9.17) is 0 Å². The topological polar surface area (TPSA) is 105 Å². The Balaban J connectivity index is 1.48. The van der Waals surface area contributed by atoms with E-state index in [0.29, 0.717) is 35.2 Å². The summed E-state index contributed by atoms with van der Waals surface area (Å²) in [5.74, 6) is -1.26. The molecule has 0 radical (unpaired) electrons. The second kappa shape index (κ2) is 14.1. The molecule has 2 amide bonds. The summed E-state index contributed by atoms with van der Waals surface area (Å²) >= 11 is 0. The molecule has 0 bridgehead atoms. The van der Waals surface area contributed by atoms with Crippen molar-refractivity contribution in [1.29, 1.82) is 0 Å². The lowest BCUT2D eigenvalue weighted by Gasteiger charge is -2.34. The maximum Gasteiger partial charge on any atom is 0.229 e. The van der Waals surface area contributed by atoms with Crippen LogP contribution in [-0.2, 0) is 25.2 Å². The number of nitrogens with zero attached hydrogens (tertiary/aromatic N) is 2. The predicted octanol–water partition coefficient (Wildman–Crippen LogP) is 7.56. The minimum Gasteiger partial charge on any atom is -0.871 e. The summed E-state index contributed by atoms with van der Waals surface area (Å²) < 4.78 is 2.34. The molecule has 302 valence electrons. The standard InChI is InChI=1S/C50H58N4O4/c1-13-53-37-27-35(51-45(57)47(3,4)5)31(25-33(37)49(9,10)43(53)29-21-17-15-18-22-29)39-41(55)40(42(39)56)32-26-34-38(28-36(32)52-46(58)48(6,7)8)54(14-2)44(50(34,11)12)30-23-19-16-20-24-30/h15-28,43-44H,13-14H2,1-12H3,(H2,51,52,55,56,57,58). The van der Waals surface area contributed by atoms with Crippen molar-refractivity contribution >= 4 is 45.8 Å². The van der Waals surface area contributed by atoms with E-state index >= 15 is 0 Å². The van der Waals surface area contributed by atoms with Gasteiger partial charge in [0.05, 0.1) is 22.8 Å². The number of benzene rings is 4. The van der Waals surface area contributed by atoms with Gasteiger partial charge in [-0.05, 0) is 57.0 Å². The van der Waals surface area contributed by atoms with Gasteiger partial charge in [-0.15, -0.1) is 0 Å². The first kappa shape index (κ1) is 40.7. The van der Waals surface area contributed by atoms with Crippen LogP contribution < -0.4 is 35.8 Å². The molecule has 0 saturated heterocycles. The smallest absolute Gasteiger partial charge is 0.229 e. The van der Waals surface area contributed by atoms with Crippen molar-refractivity contribution in [3.63, 3.8) is 0 Å². The molecular weight excluding hydrogens is 721 g/mol. The maximum absolute atomic E-state index is 14.8. The number of Topliss-reactive ketones (excluding diaryl/α,β-unsaturated/α-hetero) is 1. The number of carbonyl (C=O) groups excluding carboxylic acids is 3. The minimum atomic E-state index is -0.733. The zero-order valence-corrected chi connectivity index (χ0v) is 36.2. The van der Waals surface area contributed by atoms with Gasteiger partial charge in [0.15, 0.2) is 11.8 Å².